The molecule has 0 aliphatic carbocycles. The number of amides is 1. The van der Waals surface area contributed by atoms with Gasteiger partial charge in [0.1, 0.15) is 12.2 Å². The molecule has 0 atom stereocenters. The number of benzene rings is 3. The molecular formula is C23H18ClN3O2. The molecule has 29 heavy (non-hydrogen) atoms. The molecule has 0 radical (unpaired) electrons. The van der Waals surface area contributed by atoms with E-state index >= 15 is 0 Å². The average Bonchev–Trinajstić information content (AvgIpc) is 2.75. The lowest BCUT2D eigenvalue weighted by Gasteiger charge is -2.13. The van der Waals surface area contributed by atoms with Gasteiger partial charge in [0, 0.05) is 17.1 Å². The van der Waals surface area contributed by atoms with Crippen molar-refractivity contribution in [2.45, 2.75) is 13.1 Å². The van der Waals surface area contributed by atoms with Gasteiger partial charge in [-0.1, -0.05) is 72.3 Å². The van der Waals surface area contributed by atoms with Crippen LogP contribution in [0.25, 0.3) is 22.3 Å². The number of halogens is 1. The first-order valence-corrected chi connectivity index (χ1v) is 9.56. The summed E-state index contributed by atoms with van der Waals surface area (Å²) >= 11 is 6.15. The van der Waals surface area contributed by atoms with E-state index in [1.807, 2.05) is 66.7 Å². The van der Waals surface area contributed by atoms with Crippen molar-refractivity contribution < 1.29 is 4.79 Å². The number of rotatable bonds is 5. The van der Waals surface area contributed by atoms with Gasteiger partial charge in [-0.15, -0.1) is 0 Å². The second kappa shape index (κ2) is 8.29. The first-order chi connectivity index (χ1) is 14.1. The highest BCUT2D eigenvalue weighted by Gasteiger charge is 2.15. The lowest BCUT2D eigenvalue weighted by atomic mass is 10.1. The van der Waals surface area contributed by atoms with Crippen molar-refractivity contribution >= 4 is 28.5 Å². The van der Waals surface area contributed by atoms with Gasteiger partial charge in [0.15, 0.2) is 0 Å². The van der Waals surface area contributed by atoms with E-state index < -0.39 is 0 Å². The molecule has 1 heterocycles. The molecule has 0 aliphatic heterocycles. The van der Waals surface area contributed by atoms with E-state index in [2.05, 4.69) is 10.3 Å². The number of nitrogens with zero attached hydrogens (tertiary/aromatic N) is 2. The number of carbonyl (C=O) groups excluding carboxylic acids is 1. The Morgan fingerprint density at radius 2 is 1.62 bits per heavy atom. The van der Waals surface area contributed by atoms with Crippen LogP contribution in [0.15, 0.2) is 83.7 Å². The maximum Gasteiger partial charge on any atom is 0.278 e. The van der Waals surface area contributed by atoms with E-state index in [1.165, 1.54) is 4.57 Å². The van der Waals surface area contributed by atoms with Crippen LogP contribution in [0, 0.1) is 0 Å². The second-order valence-electron chi connectivity index (χ2n) is 6.57. The van der Waals surface area contributed by atoms with Gasteiger partial charge in [-0.25, -0.2) is 4.98 Å². The standard InChI is InChI=1S/C23H18ClN3O2/c24-18-11-5-4-10-17(18)14-25-21(28)15-27-20-13-7-6-12-19(20)26-22(23(27)29)16-8-2-1-3-9-16/h1-13H,14-15H2,(H,25,28). The Kier molecular flexibility index (Phi) is 5.40. The van der Waals surface area contributed by atoms with E-state index in [1.54, 1.807) is 12.1 Å². The van der Waals surface area contributed by atoms with Crippen molar-refractivity contribution in [3.8, 4) is 11.3 Å². The van der Waals surface area contributed by atoms with Crippen LogP contribution in [0.4, 0.5) is 0 Å². The van der Waals surface area contributed by atoms with E-state index in [9.17, 15) is 9.59 Å². The van der Waals surface area contributed by atoms with Crippen molar-refractivity contribution in [1.29, 1.82) is 0 Å². The highest BCUT2D eigenvalue weighted by atomic mass is 35.5. The Bertz CT molecular complexity index is 1240. The van der Waals surface area contributed by atoms with Gasteiger partial charge in [-0.3, -0.25) is 14.2 Å². The number of nitrogens with one attached hydrogen (secondary N) is 1. The molecule has 6 heteroatoms. The van der Waals surface area contributed by atoms with Crippen LogP contribution in [0.1, 0.15) is 5.56 Å². The Morgan fingerprint density at radius 3 is 2.41 bits per heavy atom. The predicted molar refractivity (Wildman–Crippen MR) is 115 cm³/mol. The summed E-state index contributed by atoms with van der Waals surface area (Å²) in [6, 6.07) is 23.9. The zero-order valence-corrected chi connectivity index (χ0v) is 16.3. The molecule has 0 saturated heterocycles. The molecule has 0 fully saturated rings. The number of para-hydroxylation sites is 2. The summed E-state index contributed by atoms with van der Waals surface area (Å²) < 4.78 is 1.46. The van der Waals surface area contributed by atoms with Crippen LogP contribution in [-0.4, -0.2) is 15.5 Å². The lowest BCUT2D eigenvalue weighted by Crippen LogP contribution is -2.33. The Labute approximate surface area is 172 Å². The molecule has 144 valence electrons. The summed E-state index contributed by atoms with van der Waals surface area (Å²) in [6.45, 7) is 0.188. The normalized spacial score (nSPS) is 10.8. The van der Waals surface area contributed by atoms with Crippen molar-refractivity contribution in [3.05, 3.63) is 99.8 Å². The molecule has 1 amide bonds. The third-order valence-corrected chi connectivity index (χ3v) is 5.00. The monoisotopic (exact) mass is 403 g/mol. The number of fused-ring (bicyclic) bond motifs is 1. The quantitative estimate of drug-likeness (QED) is 0.547. The number of hydrogen-bond donors (Lipinski definition) is 1. The van der Waals surface area contributed by atoms with Crippen LogP contribution in [0.2, 0.25) is 5.02 Å². The predicted octanol–water partition coefficient (Wildman–Crippen LogP) is 4.03. The molecule has 5 nitrogen and oxygen atoms in total. The van der Waals surface area contributed by atoms with E-state index in [0.717, 1.165) is 5.56 Å². The summed E-state index contributed by atoms with van der Waals surface area (Å²) in [5.41, 5.74) is 2.83. The topological polar surface area (TPSA) is 64.0 Å². The molecule has 3 aromatic carbocycles. The van der Waals surface area contributed by atoms with Crippen molar-refractivity contribution in [2.24, 2.45) is 0 Å². The molecule has 0 aliphatic rings. The van der Waals surface area contributed by atoms with Gasteiger partial charge in [0.25, 0.3) is 5.56 Å². The summed E-state index contributed by atoms with van der Waals surface area (Å²) in [7, 11) is 0. The summed E-state index contributed by atoms with van der Waals surface area (Å²) in [6.07, 6.45) is 0. The Hall–Kier alpha value is -3.44. The SMILES string of the molecule is O=C(Cn1c(=O)c(-c2ccccc2)nc2ccccc21)NCc1ccccc1Cl. The molecule has 1 aromatic heterocycles. The van der Waals surface area contributed by atoms with Crippen LogP contribution in [0.3, 0.4) is 0 Å². The molecule has 0 spiro atoms. The van der Waals surface area contributed by atoms with Gasteiger partial charge in [-0.2, -0.15) is 0 Å². The van der Waals surface area contributed by atoms with Crippen LogP contribution >= 0.6 is 11.6 Å². The summed E-state index contributed by atoms with van der Waals surface area (Å²) in [5.74, 6) is -0.276. The van der Waals surface area contributed by atoms with Crippen molar-refractivity contribution in [2.75, 3.05) is 0 Å². The first-order valence-electron chi connectivity index (χ1n) is 9.18. The second-order valence-corrected chi connectivity index (χ2v) is 6.98. The maximum atomic E-state index is 13.1. The highest BCUT2D eigenvalue weighted by Crippen LogP contribution is 2.18. The third-order valence-electron chi connectivity index (χ3n) is 4.64. The Balaban J connectivity index is 1.67. The third kappa shape index (κ3) is 4.05. The fourth-order valence-corrected chi connectivity index (χ4v) is 3.37. The molecule has 1 N–H and O–H groups in total. The molecular weight excluding hydrogens is 386 g/mol. The lowest BCUT2D eigenvalue weighted by molar-refractivity contribution is -0.121. The number of hydrogen-bond acceptors (Lipinski definition) is 3. The maximum absolute atomic E-state index is 13.1. The van der Waals surface area contributed by atoms with E-state index in [-0.39, 0.29) is 18.0 Å². The van der Waals surface area contributed by atoms with E-state index in [4.69, 9.17) is 11.6 Å². The fraction of sp³-hybridized carbons (Fsp3) is 0.0870. The van der Waals surface area contributed by atoms with Crippen molar-refractivity contribution in [3.63, 3.8) is 0 Å². The van der Waals surface area contributed by atoms with E-state index in [0.29, 0.717) is 33.9 Å². The zero-order valence-electron chi connectivity index (χ0n) is 15.5. The summed E-state index contributed by atoms with van der Waals surface area (Å²) in [5, 5.41) is 3.42. The molecule has 0 saturated carbocycles. The average molecular weight is 404 g/mol. The molecule has 4 rings (SSSR count). The van der Waals surface area contributed by atoms with Gasteiger partial charge in [0.2, 0.25) is 5.91 Å². The van der Waals surface area contributed by atoms with Crippen LogP contribution < -0.4 is 10.9 Å². The van der Waals surface area contributed by atoms with Crippen LogP contribution in [0.5, 0.6) is 0 Å². The fourth-order valence-electron chi connectivity index (χ4n) is 3.17. The van der Waals surface area contributed by atoms with Gasteiger partial charge in [0.05, 0.1) is 11.0 Å². The minimum Gasteiger partial charge on any atom is -0.350 e. The molecule has 0 unspecified atom stereocenters. The van der Waals surface area contributed by atoms with Gasteiger partial charge >= 0.3 is 0 Å². The summed E-state index contributed by atoms with van der Waals surface area (Å²) in [4.78, 5) is 30.3. The van der Waals surface area contributed by atoms with Crippen LogP contribution in [-0.2, 0) is 17.9 Å². The molecule has 4 aromatic rings. The van der Waals surface area contributed by atoms with Crippen molar-refractivity contribution in [1.82, 2.24) is 14.9 Å². The van der Waals surface area contributed by atoms with Gasteiger partial charge in [-0.05, 0) is 23.8 Å². The smallest absolute Gasteiger partial charge is 0.278 e. The molecule has 0 bridgehead atoms. The minimum atomic E-state index is -0.303. The largest absolute Gasteiger partial charge is 0.350 e. The van der Waals surface area contributed by atoms with Gasteiger partial charge < -0.3 is 5.32 Å². The Morgan fingerprint density at radius 1 is 0.931 bits per heavy atom. The number of carbonyl (C=O) groups is 1. The zero-order chi connectivity index (χ0) is 20.2. The minimum absolute atomic E-state index is 0.105. The highest BCUT2D eigenvalue weighted by molar-refractivity contribution is 6.31. The first kappa shape index (κ1) is 18.9. The number of aromatic nitrogens is 2.